The van der Waals surface area contributed by atoms with Crippen molar-refractivity contribution in [2.24, 2.45) is 5.89 Å². The van der Waals surface area contributed by atoms with Gasteiger partial charge in [-0.15, -0.1) is 0 Å². The van der Waals surface area contributed by atoms with E-state index in [1.54, 1.807) is 30.3 Å². The number of hydrogen-bond acceptors (Lipinski definition) is 2. The highest BCUT2D eigenvalue weighted by Crippen LogP contribution is 2.47. The van der Waals surface area contributed by atoms with Crippen molar-refractivity contribution in [3.63, 3.8) is 0 Å². The number of carbonyl (C=O) groups is 1. The Kier molecular flexibility index (Phi) is 1.34. The van der Waals surface area contributed by atoms with E-state index in [4.69, 9.17) is 4.11 Å². The summed E-state index contributed by atoms with van der Waals surface area (Å²) in [5.74, 6) is -4.13. The maximum Gasteiger partial charge on any atom is 0.309 e. The zero-order valence-corrected chi connectivity index (χ0v) is 7.28. The maximum atomic E-state index is 11.4. The summed E-state index contributed by atoms with van der Waals surface area (Å²) in [7, 11) is 1.18. The quantitative estimate of drug-likeness (QED) is 0.649. The largest absolute Gasteiger partial charge is 0.469 e. The molecule has 68 valence electrons. The summed E-state index contributed by atoms with van der Waals surface area (Å²) in [6, 6.07) is 8.57. The second-order valence-electron chi connectivity index (χ2n) is 2.83. The molecule has 0 N–H and O–H groups in total. The van der Waals surface area contributed by atoms with Crippen LogP contribution in [0.1, 0.15) is 22.0 Å². The molecule has 0 aromatic heterocycles. The molecule has 0 spiro atoms. The summed E-state index contributed by atoms with van der Waals surface area (Å²) in [4.78, 5) is 11.4. The van der Waals surface area contributed by atoms with Gasteiger partial charge in [0.25, 0.3) is 0 Å². The smallest absolute Gasteiger partial charge is 0.309 e. The first-order chi connectivity index (χ1) is 7.49. The summed E-state index contributed by atoms with van der Waals surface area (Å²) in [6.07, 6.45) is -1.10. The van der Waals surface area contributed by atoms with Gasteiger partial charge < -0.3 is 4.74 Å². The molecule has 13 heavy (non-hydrogen) atoms. The van der Waals surface area contributed by atoms with Crippen molar-refractivity contribution >= 4 is 5.97 Å². The van der Waals surface area contributed by atoms with Crippen molar-refractivity contribution in [2.45, 2.75) is 12.3 Å². The highest BCUT2D eigenvalue weighted by atomic mass is 16.5. The Bertz CT molecular complexity index is 422. The normalized spacial score (nSPS) is 45.6. The van der Waals surface area contributed by atoms with Crippen LogP contribution in [-0.2, 0) is 9.53 Å². The molecule has 0 aliphatic heterocycles. The number of rotatable bonds is 2. The van der Waals surface area contributed by atoms with Crippen molar-refractivity contribution in [1.29, 1.82) is 0 Å². The monoisotopic (exact) mass is 179 g/mol. The van der Waals surface area contributed by atoms with E-state index >= 15 is 0 Å². The van der Waals surface area contributed by atoms with Crippen LogP contribution in [0.15, 0.2) is 30.3 Å². The minimum Gasteiger partial charge on any atom is -0.469 e. The summed E-state index contributed by atoms with van der Waals surface area (Å²) in [5, 5.41) is 0. The topological polar surface area (TPSA) is 26.3 Å². The number of methoxy groups -OCH3 is 1. The van der Waals surface area contributed by atoms with E-state index in [-0.39, 0.29) is 0 Å². The van der Waals surface area contributed by atoms with Gasteiger partial charge in [0.15, 0.2) is 0 Å². The van der Waals surface area contributed by atoms with Gasteiger partial charge in [0.1, 0.15) is 0 Å². The van der Waals surface area contributed by atoms with E-state index in [1.165, 1.54) is 7.11 Å². The Balaban J connectivity index is 2.40. The van der Waals surface area contributed by atoms with Gasteiger partial charge in [-0.2, -0.15) is 0 Å². The summed E-state index contributed by atoms with van der Waals surface area (Å²) >= 11 is 0. The zero-order chi connectivity index (χ0) is 12.0. The minimum absolute atomic E-state index is 0.510. The van der Waals surface area contributed by atoms with Crippen molar-refractivity contribution in [1.82, 2.24) is 0 Å². The molecule has 2 nitrogen and oxygen atoms in total. The van der Waals surface area contributed by atoms with Gasteiger partial charge in [0.2, 0.25) is 0 Å². The molecule has 2 heteroatoms. The van der Waals surface area contributed by atoms with Crippen molar-refractivity contribution in [3.8, 4) is 0 Å². The Morgan fingerprint density at radius 1 is 1.62 bits per heavy atom. The predicted molar refractivity (Wildman–Crippen MR) is 49.3 cm³/mol. The Morgan fingerprint density at radius 2 is 2.31 bits per heavy atom. The Morgan fingerprint density at radius 3 is 2.92 bits per heavy atom. The molecular formula is C11H12O2. The third-order valence-corrected chi connectivity index (χ3v) is 1.99. The molecule has 3 atom stereocenters. The second kappa shape index (κ2) is 3.21. The number of esters is 1. The fourth-order valence-electron chi connectivity index (χ4n) is 1.24. The Labute approximate surface area is 81.7 Å². The molecule has 1 unspecified atom stereocenters. The first-order valence-corrected chi connectivity index (χ1v) is 4.05. The fourth-order valence-corrected chi connectivity index (χ4v) is 1.24. The van der Waals surface area contributed by atoms with Crippen LogP contribution in [0.4, 0.5) is 0 Å². The molecule has 1 aliphatic rings. The summed E-state index contributed by atoms with van der Waals surface area (Å²) < 4.78 is 28.2. The molecule has 1 saturated carbocycles. The van der Waals surface area contributed by atoms with E-state index < -0.39 is 24.2 Å². The summed E-state index contributed by atoms with van der Waals surface area (Å²) in [6.45, 7) is 0. The first kappa shape index (κ1) is 5.43. The average Bonchev–Trinajstić information content (AvgIpc) is 2.78. The van der Waals surface area contributed by atoms with Crippen molar-refractivity contribution in [3.05, 3.63) is 35.9 Å². The molecule has 0 amide bonds. The van der Waals surface area contributed by atoms with Crippen LogP contribution in [0.2, 0.25) is 0 Å². The van der Waals surface area contributed by atoms with Crippen LogP contribution in [0, 0.1) is 5.89 Å². The molecule has 2 rings (SSSR count). The number of carbonyl (C=O) groups excluding carboxylic acids is 1. The van der Waals surface area contributed by atoms with Crippen molar-refractivity contribution in [2.75, 3.05) is 7.11 Å². The maximum absolute atomic E-state index is 11.4. The molecular weight excluding hydrogens is 164 g/mol. The lowest BCUT2D eigenvalue weighted by Crippen LogP contribution is -2.03. The Hall–Kier alpha value is -1.31. The van der Waals surface area contributed by atoms with Crippen LogP contribution < -0.4 is 0 Å². The highest BCUT2D eigenvalue weighted by Gasteiger charge is 2.44. The van der Waals surface area contributed by atoms with Crippen molar-refractivity contribution < 1.29 is 13.6 Å². The lowest BCUT2D eigenvalue weighted by molar-refractivity contribution is -0.142. The third kappa shape index (κ3) is 1.57. The average molecular weight is 179 g/mol. The van der Waals surface area contributed by atoms with E-state index in [9.17, 15) is 4.79 Å². The van der Waals surface area contributed by atoms with Gasteiger partial charge in [0.05, 0.1) is 13.0 Å². The van der Waals surface area contributed by atoms with E-state index in [2.05, 4.69) is 4.74 Å². The molecule has 0 saturated heterocycles. The molecule has 1 fully saturated rings. The van der Waals surface area contributed by atoms with E-state index in [0.717, 1.165) is 0 Å². The van der Waals surface area contributed by atoms with Gasteiger partial charge in [-0.25, -0.2) is 0 Å². The molecule has 1 aromatic rings. The second-order valence-corrected chi connectivity index (χ2v) is 2.83. The summed E-state index contributed by atoms with van der Waals surface area (Å²) in [5.41, 5.74) is 0.510. The van der Waals surface area contributed by atoms with Crippen LogP contribution in [-0.4, -0.2) is 13.1 Å². The molecule has 1 aliphatic carbocycles. The molecule has 0 radical (unpaired) electrons. The first-order valence-electron chi connectivity index (χ1n) is 5.63. The van der Waals surface area contributed by atoms with Crippen LogP contribution >= 0.6 is 0 Å². The standard InChI is InChI=1S/C11H12O2/c1-13-11(12)10-7-9(10)8-5-3-2-4-6-8/h2-6,9-10H,7H2,1H3/t9-,10+/m1/s1/i7D,9D,10D/t7?,9-,10+. The lowest BCUT2D eigenvalue weighted by Gasteiger charge is -1.98. The minimum atomic E-state index is -1.80. The SMILES string of the molecule is [2H]C1[C@]([2H])(C(=O)OC)[C@@]1([2H])c1ccccc1. The van der Waals surface area contributed by atoms with E-state index in [0.29, 0.717) is 5.56 Å². The molecule has 0 heterocycles. The van der Waals surface area contributed by atoms with Gasteiger partial charge in [0, 0.05) is 4.11 Å². The van der Waals surface area contributed by atoms with Crippen LogP contribution in [0.3, 0.4) is 0 Å². The number of hydrogen-bond donors (Lipinski definition) is 0. The fraction of sp³-hybridized carbons (Fsp3) is 0.364. The zero-order valence-electron chi connectivity index (χ0n) is 10.3. The van der Waals surface area contributed by atoms with Crippen LogP contribution in [0.25, 0.3) is 0 Å². The van der Waals surface area contributed by atoms with Crippen LogP contribution in [0.5, 0.6) is 0 Å². The predicted octanol–water partition coefficient (Wildman–Crippen LogP) is 1.96. The molecule has 0 bridgehead atoms. The van der Waals surface area contributed by atoms with Gasteiger partial charge in [-0.05, 0) is 17.9 Å². The third-order valence-electron chi connectivity index (χ3n) is 1.99. The number of benzene rings is 1. The number of ether oxygens (including phenoxy) is 1. The van der Waals surface area contributed by atoms with Gasteiger partial charge >= 0.3 is 5.97 Å². The lowest BCUT2D eigenvalue weighted by atomic mass is 10.1. The highest BCUT2D eigenvalue weighted by molar-refractivity contribution is 5.77. The van der Waals surface area contributed by atoms with E-state index in [1.807, 2.05) is 0 Å². The molecule has 1 aromatic carbocycles. The van der Waals surface area contributed by atoms with Gasteiger partial charge in [-0.1, -0.05) is 30.3 Å². The van der Waals surface area contributed by atoms with Gasteiger partial charge in [-0.3, -0.25) is 4.79 Å².